The Hall–Kier alpha value is -1.51. The summed E-state index contributed by atoms with van der Waals surface area (Å²) in [6.07, 6.45) is 5.81. The van der Waals surface area contributed by atoms with Crippen molar-refractivity contribution in [3.63, 3.8) is 0 Å². The summed E-state index contributed by atoms with van der Waals surface area (Å²) in [5, 5.41) is 7.23. The van der Waals surface area contributed by atoms with Crippen LogP contribution in [0.1, 0.15) is 60.5 Å². The monoisotopic (exact) mass is 539 g/mol. The number of amides is 1. The normalized spacial score (nSPS) is 21.7. The van der Waals surface area contributed by atoms with Gasteiger partial charge in [0.05, 0.1) is 10.8 Å². The number of hydrogen-bond donors (Lipinski definition) is 2. The number of nitrogens with one attached hydrogen (secondary N) is 2. The Balaban J connectivity index is 1.44. The predicted octanol–water partition coefficient (Wildman–Crippen LogP) is 5.30. The molecule has 190 valence electrons. The van der Waals surface area contributed by atoms with Gasteiger partial charge >= 0.3 is 0 Å². The van der Waals surface area contributed by atoms with Gasteiger partial charge in [0.15, 0.2) is 0 Å². The van der Waals surface area contributed by atoms with Crippen LogP contribution in [0.4, 0.5) is 4.39 Å². The largest absolute Gasteiger partial charge is 0.348 e. The van der Waals surface area contributed by atoms with Crippen LogP contribution in [0.3, 0.4) is 0 Å². The van der Waals surface area contributed by atoms with Gasteiger partial charge in [0.2, 0.25) is 0 Å². The molecular formula is C26H32Cl2FN3O2S. The van der Waals surface area contributed by atoms with Crippen LogP contribution in [0.5, 0.6) is 0 Å². The molecule has 2 aromatic carbocycles. The van der Waals surface area contributed by atoms with Crippen molar-refractivity contribution in [2.75, 3.05) is 25.4 Å². The molecule has 0 aromatic heterocycles. The number of carbonyl (C=O) groups is 1. The van der Waals surface area contributed by atoms with Gasteiger partial charge in [-0.05, 0) is 74.7 Å². The van der Waals surface area contributed by atoms with Crippen LogP contribution < -0.4 is 10.6 Å². The first kappa shape index (κ1) is 26.6. The standard InChI is InChI=1S/C26H32Cl2FN3O2S/c1-2-35(34)24-7-6-20(27)12-19(24)15-30-25(33)18-13-22(28)21(23(29)14-18)16-32-11-5-9-26(17-32)8-3-4-10-31-26/h6-7,12-14,31H,2-5,8-11,15-17H2,1H3,(H,30,33). The van der Waals surface area contributed by atoms with Gasteiger partial charge in [0.1, 0.15) is 5.82 Å². The van der Waals surface area contributed by atoms with Crippen molar-refractivity contribution in [1.82, 2.24) is 15.5 Å². The van der Waals surface area contributed by atoms with Gasteiger partial charge in [0, 0.05) is 57.0 Å². The first-order chi connectivity index (χ1) is 16.8. The van der Waals surface area contributed by atoms with Crippen molar-refractivity contribution in [2.24, 2.45) is 0 Å². The smallest absolute Gasteiger partial charge is 0.251 e. The minimum absolute atomic E-state index is 0.125. The minimum Gasteiger partial charge on any atom is -0.348 e. The third-order valence-electron chi connectivity index (χ3n) is 6.99. The molecule has 0 radical (unpaired) electrons. The zero-order valence-electron chi connectivity index (χ0n) is 20.0. The fourth-order valence-corrected chi connectivity index (χ4v) is 6.61. The SMILES string of the molecule is CCS(=O)c1ccc(Cl)cc1CNC(=O)c1cc(F)c(CN2CCCC3(CCCCN3)C2)c(Cl)c1. The fourth-order valence-electron chi connectivity index (χ4n) is 5.19. The second kappa shape index (κ2) is 11.7. The molecule has 2 fully saturated rings. The van der Waals surface area contributed by atoms with E-state index in [-0.39, 0.29) is 22.7 Å². The minimum atomic E-state index is -1.19. The molecule has 35 heavy (non-hydrogen) atoms. The van der Waals surface area contributed by atoms with Crippen LogP contribution >= 0.6 is 23.2 Å². The number of likely N-dealkylation sites (tertiary alicyclic amines) is 1. The summed E-state index contributed by atoms with van der Waals surface area (Å²) in [6.45, 7) is 5.20. The van der Waals surface area contributed by atoms with Gasteiger partial charge in [-0.15, -0.1) is 0 Å². The molecule has 1 spiro atoms. The maximum Gasteiger partial charge on any atom is 0.251 e. The third-order valence-corrected chi connectivity index (χ3v) is 8.98. The molecule has 2 aliphatic heterocycles. The van der Waals surface area contributed by atoms with Gasteiger partial charge in [-0.2, -0.15) is 0 Å². The van der Waals surface area contributed by atoms with Gasteiger partial charge < -0.3 is 10.6 Å². The van der Waals surface area contributed by atoms with Crippen LogP contribution in [-0.4, -0.2) is 45.9 Å². The molecule has 2 unspecified atom stereocenters. The first-order valence-electron chi connectivity index (χ1n) is 12.2. The Labute approximate surface area is 219 Å². The van der Waals surface area contributed by atoms with E-state index in [9.17, 15) is 9.00 Å². The Bertz CT molecular complexity index is 1080. The van der Waals surface area contributed by atoms with Crippen LogP contribution in [-0.2, 0) is 23.9 Å². The molecule has 2 aliphatic rings. The Morgan fingerprint density at radius 2 is 2.00 bits per heavy atom. The van der Waals surface area contributed by atoms with E-state index in [0.717, 1.165) is 38.9 Å². The second-order valence-electron chi connectivity index (χ2n) is 9.47. The molecule has 0 aliphatic carbocycles. The highest BCUT2D eigenvalue weighted by molar-refractivity contribution is 7.85. The highest BCUT2D eigenvalue weighted by Crippen LogP contribution is 2.31. The molecule has 5 nitrogen and oxygen atoms in total. The van der Waals surface area contributed by atoms with E-state index in [1.807, 2.05) is 6.92 Å². The average molecular weight is 541 g/mol. The summed E-state index contributed by atoms with van der Waals surface area (Å²) in [5.41, 5.74) is 1.37. The van der Waals surface area contributed by atoms with Crippen molar-refractivity contribution >= 4 is 39.9 Å². The number of hydrogen-bond acceptors (Lipinski definition) is 4. The summed E-state index contributed by atoms with van der Waals surface area (Å²) < 4.78 is 27.5. The highest BCUT2D eigenvalue weighted by atomic mass is 35.5. The molecule has 2 heterocycles. The van der Waals surface area contributed by atoms with E-state index in [1.165, 1.54) is 25.0 Å². The van der Waals surface area contributed by atoms with Crippen molar-refractivity contribution in [2.45, 2.75) is 62.6 Å². The van der Waals surface area contributed by atoms with Gasteiger partial charge in [-0.1, -0.05) is 36.5 Å². The number of halogens is 3. The number of nitrogens with zero attached hydrogens (tertiary/aromatic N) is 1. The number of rotatable bonds is 7. The van der Waals surface area contributed by atoms with E-state index in [0.29, 0.717) is 33.3 Å². The van der Waals surface area contributed by atoms with Crippen LogP contribution in [0, 0.1) is 5.82 Å². The van der Waals surface area contributed by atoms with E-state index in [4.69, 9.17) is 23.2 Å². The topological polar surface area (TPSA) is 61.4 Å². The van der Waals surface area contributed by atoms with E-state index < -0.39 is 22.5 Å². The van der Waals surface area contributed by atoms with E-state index in [1.54, 1.807) is 18.2 Å². The predicted molar refractivity (Wildman–Crippen MR) is 140 cm³/mol. The van der Waals surface area contributed by atoms with Crippen molar-refractivity contribution in [3.05, 3.63) is 62.9 Å². The fraction of sp³-hybridized carbons (Fsp3) is 0.500. The molecular weight excluding hydrogens is 508 g/mol. The van der Waals surface area contributed by atoms with Gasteiger partial charge in [0.25, 0.3) is 5.91 Å². The Morgan fingerprint density at radius 1 is 1.20 bits per heavy atom. The lowest BCUT2D eigenvalue weighted by Gasteiger charge is -2.46. The summed E-state index contributed by atoms with van der Waals surface area (Å²) in [4.78, 5) is 15.7. The molecule has 2 N–H and O–H groups in total. The summed E-state index contributed by atoms with van der Waals surface area (Å²) in [5.74, 6) is -0.470. The lowest BCUT2D eigenvalue weighted by atomic mass is 9.81. The van der Waals surface area contributed by atoms with Crippen molar-refractivity contribution < 1.29 is 13.4 Å². The molecule has 2 atom stereocenters. The molecule has 2 saturated heterocycles. The quantitative estimate of drug-likeness (QED) is 0.501. The maximum absolute atomic E-state index is 15.1. The molecule has 2 aromatic rings. The first-order valence-corrected chi connectivity index (χ1v) is 14.3. The lowest BCUT2D eigenvalue weighted by Crippen LogP contribution is -2.58. The molecule has 1 amide bonds. The summed E-state index contributed by atoms with van der Waals surface area (Å²) in [7, 11) is -1.19. The highest BCUT2D eigenvalue weighted by Gasteiger charge is 2.36. The van der Waals surface area contributed by atoms with E-state index in [2.05, 4.69) is 15.5 Å². The van der Waals surface area contributed by atoms with Crippen LogP contribution in [0.15, 0.2) is 35.2 Å². The average Bonchev–Trinajstić information content (AvgIpc) is 2.84. The number of piperidine rings is 2. The van der Waals surface area contributed by atoms with Gasteiger partial charge in [-0.25, -0.2) is 4.39 Å². The third kappa shape index (κ3) is 6.44. The number of carbonyl (C=O) groups excluding carboxylic acids is 1. The molecule has 0 saturated carbocycles. The van der Waals surface area contributed by atoms with Crippen LogP contribution in [0.2, 0.25) is 10.0 Å². The lowest BCUT2D eigenvalue weighted by molar-refractivity contribution is 0.0928. The van der Waals surface area contributed by atoms with Gasteiger partial charge in [-0.3, -0.25) is 13.9 Å². The zero-order chi connectivity index (χ0) is 25.0. The number of benzene rings is 2. The zero-order valence-corrected chi connectivity index (χ0v) is 22.3. The summed E-state index contributed by atoms with van der Waals surface area (Å²) >= 11 is 12.6. The van der Waals surface area contributed by atoms with Crippen LogP contribution in [0.25, 0.3) is 0 Å². The van der Waals surface area contributed by atoms with Crippen molar-refractivity contribution in [1.29, 1.82) is 0 Å². The van der Waals surface area contributed by atoms with Crippen molar-refractivity contribution in [3.8, 4) is 0 Å². The molecule has 0 bridgehead atoms. The molecule has 9 heteroatoms. The Morgan fingerprint density at radius 3 is 2.71 bits per heavy atom. The maximum atomic E-state index is 15.1. The Kier molecular flexibility index (Phi) is 8.87. The second-order valence-corrected chi connectivity index (χ2v) is 12.0. The summed E-state index contributed by atoms with van der Waals surface area (Å²) in [6, 6.07) is 7.85. The molecule has 4 rings (SSSR count). The van der Waals surface area contributed by atoms with E-state index >= 15 is 4.39 Å².